The van der Waals surface area contributed by atoms with Crippen LogP contribution in [0.15, 0.2) is 102 Å². The van der Waals surface area contributed by atoms with Crippen molar-refractivity contribution in [3.63, 3.8) is 0 Å². The second kappa shape index (κ2) is 9.37. The van der Waals surface area contributed by atoms with E-state index in [0.29, 0.717) is 5.58 Å². The largest absolute Gasteiger partial charge is 0.465 e. The van der Waals surface area contributed by atoms with Gasteiger partial charge in [-0.15, -0.1) is 23.8 Å². The van der Waals surface area contributed by atoms with Gasteiger partial charge in [-0.2, -0.15) is 23.8 Å². The summed E-state index contributed by atoms with van der Waals surface area (Å²) in [5.41, 5.74) is 9.00. The van der Waals surface area contributed by atoms with Gasteiger partial charge in [0.15, 0.2) is 17.4 Å². The molecule has 0 atom stereocenters. The van der Waals surface area contributed by atoms with Crippen LogP contribution < -0.4 is 4.57 Å². The van der Waals surface area contributed by atoms with E-state index in [2.05, 4.69) is 119 Å². The van der Waals surface area contributed by atoms with Gasteiger partial charge in [0.2, 0.25) is 5.82 Å². The van der Waals surface area contributed by atoms with E-state index in [9.17, 15) is 0 Å². The normalized spacial score (nSPS) is 11.3. The van der Waals surface area contributed by atoms with Gasteiger partial charge in [-0.05, 0) is 41.3 Å². The van der Waals surface area contributed by atoms with Crippen molar-refractivity contribution in [1.82, 2.24) is 9.55 Å². The molecule has 2 heterocycles. The second-order valence-electron chi connectivity index (χ2n) is 9.08. The van der Waals surface area contributed by atoms with Gasteiger partial charge in [0.05, 0.1) is 12.6 Å². The zero-order valence-corrected chi connectivity index (χ0v) is 23.4. The van der Waals surface area contributed by atoms with Gasteiger partial charge < -0.3 is 4.42 Å². The fourth-order valence-corrected chi connectivity index (χ4v) is 5.13. The van der Waals surface area contributed by atoms with Crippen LogP contribution >= 0.6 is 0 Å². The number of rotatable bonds is 3. The van der Waals surface area contributed by atoms with Gasteiger partial charge in [-0.3, -0.25) is 9.55 Å². The van der Waals surface area contributed by atoms with E-state index in [1.807, 2.05) is 12.1 Å². The molecule has 175 valence electrons. The molecule has 0 spiro atoms. The molecular formula is C32H22N3OY-. The Labute approximate surface area is 240 Å². The first kappa shape index (κ1) is 23.8. The summed E-state index contributed by atoms with van der Waals surface area (Å²) in [6.45, 7) is 2.14. The molecular weight excluding hydrogens is 531 g/mol. The molecule has 0 saturated heterocycles. The maximum absolute atomic E-state index is 5.51. The van der Waals surface area contributed by atoms with Crippen LogP contribution in [0.3, 0.4) is 0 Å². The van der Waals surface area contributed by atoms with E-state index in [1.165, 1.54) is 28.2 Å². The summed E-state index contributed by atoms with van der Waals surface area (Å²) in [4.78, 5) is 4.22. The van der Waals surface area contributed by atoms with Gasteiger partial charge in [-0.25, -0.2) is 10.1 Å². The Hall–Kier alpha value is -3.60. The predicted molar refractivity (Wildman–Crippen MR) is 143 cm³/mol. The van der Waals surface area contributed by atoms with Crippen molar-refractivity contribution in [2.75, 3.05) is 0 Å². The Morgan fingerprint density at radius 3 is 2.43 bits per heavy atom. The number of fused-ring (bicyclic) bond motifs is 4. The minimum atomic E-state index is 0. The summed E-state index contributed by atoms with van der Waals surface area (Å²) in [5.74, 6) is 1.08. The van der Waals surface area contributed by atoms with Crippen LogP contribution in [0.5, 0.6) is 0 Å². The summed E-state index contributed by atoms with van der Waals surface area (Å²) < 4.78 is 10.1. The molecule has 0 saturated carbocycles. The van der Waals surface area contributed by atoms with Gasteiger partial charge in [0.1, 0.15) is 5.69 Å². The molecule has 7 rings (SSSR count). The average Bonchev–Trinajstić information content (AvgIpc) is 3.51. The number of oxazole rings is 1. The van der Waals surface area contributed by atoms with E-state index in [4.69, 9.17) is 4.42 Å². The number of imidazole rings is 1. The maximum atomic E-state index is 5.51. The summed E-state index contributed by atoms with van der Waals surface area (Å²) >= 11 is 0. The predicted octanol–water partition coefficient (Wildman–Crippen LogP) is 6.99. The Balaban J connectivity index is 0.00000252. The molecule has 0 N–H and O–H groups in total. The third-order valence-electron chi connectivity index (χ3n) is 6.93. The van der Waals surface area contributed by atoms with E-state index in [-0.39, 0.29) is 32.7 Å². The van der Waals surface area contributed by atoms with E-state index in [0.717, 1.165) is 39.3 Å². The fraction of sp³-hybridized carbons (Fsp3) is 0.0625. The summed E-state index contributed by atoms with van der Waals surface area (Å²) in [7, 11) is 2.14. The van der Waals surface area contributed by atoms with Crippen molar-refractivity contribution in [1.29, 1.82) is 0 Å². The second-order valence-corrected chi connectivity index (χ2v) is 9.08. The van der Waals surface area contributed by atoms with Crippen molar-refractivity contribution >= 4 is 32.9 Å². The standard InChI is InChI=1S/C32H22N3O.Y/c1-21-12-13-23(24-14-16-28-30(19-24)36-20-33-28)18-27(21)32-34(2)29-17-15-22-8-6-7-11-26(22)31(29)35(32)25-9-4-3-5-10-25;/h3-17,20H,1-2H3;/q-1;. The molecule has 37 heavy (non-hydrogen) atoms. The van der Waals surface area contributed by atoms with Gasteiger partial charge in [0, 0.05) is 43.6 Å². The molecule has 5 aromatic carbocycles. The number of para-hydroxylation sites is 1. The van der Waals surface area contributed by atoms with Crippen molar-refractivity contribution in [3.05, 3.63) is 115 Å². The van der Waals surface area contributed by atoms with E-state index in [1.54, 1.807) is 0 Å². The number of benzene rings is 5. The molecule has 4 nitrogen and oxygen atoms in total. The van der Waals surface area contributed by atoms with Crippen molar-refractivity contribution in [2.24, 2.45) is 7.05 Å². The van der Waals surface area contributed by atoms with Gasteiger partial charge in [0.25, 0.3) is 0 Å². The Morgan fingerprint density at radius 1 is 0.811 bits per heavy atom. The number of hydrogen-bond acceptors (Lipinski definition) is 2. The SMILES string of the molecule is Cc1ccc(-c2[c-]c3ocnc3cc2)[c-]c1-c1n(-c2ccccc2)c2c3ccccc3ccc2[n+]1C.[Y]. The van der Waals surface area contributed by atoms with Gasteiger partial charge in [-0.1, -0.05) is 43.3 Å². The molecule has 0 fully saturated rings. The van der Waals surface area contributed by atoms with Crippen LogP contribution in [-0.2, 0) is 39.8 Å². The monoisotopic (exact) mass is 553 g/mol. The molecule has 7 aromatic rings. The maximum Gasteiger partial charge on any atom is 0.229 e. The molecule has 0 aliphatic carbocycles. The van der Waals surface area contributed by atoms with Crippen molar-refractivity contribution in [3.8, 4) is 28.2 Å². The third-order valence-corrected chi connectivity index (χ3v) is 6.93. The van der Waals surface area contributed by atoms with Crippen molar-refractivity contribution in [2.45, 2.75) is 6.92 Å². The van der Waals surface area contributed by atoms with Crippen LogP contribution in [0.4, 0.5) is 0 Å². The van der Waals surface area contributed by atoms with Crippen LogP contribution in [0.2, 0.25) is 0 Å². The smallest absolute Gasteiger partial charge is 0.229 e. The Bertz CT molecular complexity index is 1920. The molecule has 1 radical (unpaired) electrons. The average molecular weight is 553 g/mol. The third kappa shape index (κ3) is 3.83. The summed E-state index contributed by atoms with van der Waals surface area (Å²) in [5, 5.41) is 2.44. The van der Waals surface area contributed by atoms with Crippen molar-refractivity contribution < 1.29 is 41.7 Å². The van der Waals surface area contributed by atoms with E-state index >= 15 is 0 Å². The van der Waals surface area contributed by atoms with Crippen LogP contribution in [0, 0.1) is 19.1 Å². The summed E-state index contributed by atoms with van der Waals surface area (Å²) in [6.07, 6.45) is 1.46. The molecule has 2 aromatic heterocycles. The Morgan fingerprint density at radius 2 is 1.57 bits per heavy atom. The van der Waals surface area contributed by atoms with Crippen LogP contribution in [0.1, 0.15) is 5.56 Å². The quantitative estimate of drug-likeness (QED) is 0.175. The molecule has 0 amide bonds. The zero-order valence-electron chi connectivity index (χ0n) is 20.6. The summed E-state index contributed by atoms with van der Waals surface area (Å²) in [6, 6.07) is 38.9. The molecule has 0 aliphatic rings. The fourth-order valence-electron chi connectivity index (χ4n) is 5.13. The number of hydrogen-bond donors (Lipinski definition) is 0. The minimum Gasteiger partial charge on any atom is -0.465 e. The molecule has 0 bridgehead atoms. The van der Waals surface area contributed by atoms with Crippen LogP contribution in [0.25, 0.3) is 61.1 Å². The number of nitrogens with zero attached hydrogens (tertiary/aromatic N) is 3. The van der Waals surface area contributed by atoms with E-state index < -0.39 is 0 Å². The first-order valence-electron chi connectivity index (χ1n) is 12.0. The molecule has 5 heteroatoms. The first-order chi connectivity index (χ1) is 17.7. The minimum absolute atomic E-state index is 0. The Kier molecular flexibility index (Phi) is 6.02. The van der Waals surface area contributed by atoms with Crippen LogP contribution in [-0.4, -0.2) is 9.55 Å². The molecule has 0 aliphatic heterocycles. The zero-order chi connectivity index (χ0) is 24.2. The molecule has 0 unspecified atom stereocenters. The number of aryl methyl sites for hydroxylation is 2. The van der Waals surface area contributed by atoms with Gasteiger partial charge >= 0.3 is 0 Å². The number of aromatic nitrogens is 3. The topological polar surface area (TPSA) is 34.8 Å². The first-order valence-corrected chi connectivity index (χ1v) is 12.0.